The molecule has 0 unspecified atom stereocenters. The molecule has 2 fully saturated rings. The number of pyridine rings is 1. The van der Waals surface area contributed by atoms with E-state index < -0.39 is 18.0 Å². The highest BCUT2D eigenvalue weighted by Crippen LogP contribution is 2.51. The lowest BCUT2D eigenvalue weighted by molar-refractivity contribution is -0.163. The van der Waals surface area contributed by atoms with Gasteiger partial charge in [0.1, 0.15) is 5.70 Å². The molecule has 178 valence electrons. The van der Waals surface area contributed by atoms with Gasteiger partial charge in [-0.25, -0.2) is 4.79 Å². The molecule has 3 aliphatic heterocycles. The van der Waals surface area contributed by atoms with E-state index in [0.717, 1.165) is 11.3 Å². The first-order valence-electron chi connectivity index (χ1n) is 11.0. The third kappa shape index (κ3) is 4.91. The average Bonchev–Trinajstić information content (AvgIpc) is 3.32. The minimum Gasteiger partial charge on any atom is -0.477 e. The van der Waals surface area contributed by atoms with Crippen molar-refractivity contribution >= 4 is 41.3 Å². The molecule has 1 aromatic rings. The quantitative estimate of drug-likeness (QED) is 0.293. The zero-order chi connectivity index (χ0) is 23.7. The van der Waals surface area contributed by atoms with Crippen molar-refractivity contribution in [3.63, 3.8) is 0 Å². The van der Waals surface area contributed by atoms with Gasteiger partial charge in [0.25, 0.3) is 0 Å². The monoisotopic (exact) mass is 492 g/mol. The Balaban J connectivity index is 1.29. The topological polar surface area (TPSA) is 132 Å². The van der Waals surface area contributed by atoms with Gasteiger partial charge in [-0.2, -0.15) is 0 Å². The predicted molar refractivity (Wildman–Crippen MR) is 125 cm³/mol. The largest absolute Gasteiger partial charge is 0.477 e. The number of β-lactam (4-membered cyclic amide) rings is 1. The molecule has 0 spiro atoms. The molecule has 4 rings (SSSR count). The number of carboxylic acids is 1. The molecular formula is C22H28N4O5S2. The Morgan fingerprint density at radius 3 is 2.76 bits per heavy atom. The lowest BCUT2D eigenvalue weighted by Gasteiger charge is -2.46. The number of rotatable bonds is 9. The molecular weight excluding hydrogens is 464 g/mol. The Kier molecular flexibility index (Phi) is 7.32. The van der Waals surface area contributed by atoms with Crippen LogP contribution >= 0.6 is 23.5 Å². The summed E-state index contributed by atoms with van der Waals surface area (Å²) < 4.78 is 0. The highest BCUT2D eigenvalue weighted by Gasteiger charge is 2.60. The standard InChI is InChI=1S/C22H28N4O5S2/c1-11-18-17(12(2)27)21(29)26(18)19(22(30)31)20(11)33-15-7-13(24-9-15)8-25-16(28)10-32-14-3-5-23-6-4-14/h3-6,11-13,15,17-18,24,27H,7-10H2,1-2H3,(H,25,28)(H,30,31)/t11-,12-,13+,15+,17-,18-/m1/s1. The van der Waals surface area contributed by atoms with Gasteiger partial charge in [0.15, 0.2) is 0 Å². The molecule has 2 amide bonds. The second-order valence-corrected chi connectivity index (χ2v) is 11.0. The number of nitrogens with one attached hydrogen (secondary N) is 2. The fourth-order valence-electron chi connectivity index (χ4n) is 4.76. The molecule has 0 radical (unpaired) electrons. The van der Waals surface area contributed by atoms with E-state index in [9.17, 15) is 24.6 Å². The van der Waals surface area contributed by atoms with Crippen molar-refractivity contribution in [1.82, 2.24) is 20.5 Å². The highest BCUT2D eigenvalue weighted by molar-refractivity contribution is 8.03. The Labute approximate surface area is 200 Å². The van der Waals surface area contributed by atoms with Crippen LogP contribution in [0.15, 0.2) is 40.0 Å². The van der Waals surface area contributed by atoms with E-state index in [0.29, 0.717) is 23.7 Å². The van der Waals surface area contributed by atoms with E-state index in [2.05, 4.69) is 15.6 Å². The summed E-state index contributed by atoms with van der Waals surface area (Å²) in [7, 11) is 0. The molecule has 4 N–H and O–H groups in total. The number of aliphatic carboxylic acids is 1. The molecule has 2 saturated heterocycles. The normalized spacial score (nSPS) is 29.6. The molecule has 4 heterocycles. The number of carboxylic acid groups (broad SMARTS) is 1. The van der Waals surface area contributed by atoms with Gasteiger partial charge in [0.05, 0.1) is 23.8 Å². The zero-order valence-corrected chi connectivity index (χ0v) is 20.1. The van der Waals surface area contributed by atoms with Crippen molar-refractivity contribution in [2.24, 2.45) is 11.8 Å². The molecule has 0 bridgehead atoms. The number of thioether (sulfide) groups is 2. The summed E-state index contributed by atoms with van der Waals surface area (Å²) in [6.07, 6.45) is 3.36. The Hall–Kier alpha value is -2.08. The highest BCUT2D eigenvalue weighted by atomic mass is 32.2. The van der Waals surface area contributed by atoms with E-state index in [4.69, 9.17) is 0 Å². The summed E-state index contributed by atoms with van der Waals surface area (Å²) in [5.74, 6) is -1.82. The second-order valence-electron chi connectivity index (χ2n) is 8.63. The van der Waals surface area contributed by atoms with Crippen LogP contribution in [0.5, 0.6) is 0 Å². The molecule has 0 aromatic carbocycles. The van der Waals surface area contributed by atoms with Crippen LogP contribution in [0, 0.1) is 11.8 Å². The molecule has 6 atom stereocenters. The van der Waals surface area contributed by atoms with Crippen molar-refractivity contribution in [3.05, 3.63) is 35.1 Å². The first-order valence-corrected chi connectivity index (χ1v) is 12.8. The number of hydrogen-bond donors (Lipinski definition) is 4. The lowest BCUT2D eigenvalue weighted by atomic mass is 9.79. The Bertz CT molecular complexity index is 957. The van der Waals surface area contributed by atoms with E-state index in [1.54, 1.807) is 19.3 Å². The van der Waals surface area contributed by atoms with Crippen LogP contribution in [0.2, 0.25) is 0 Å². The van der Waals surface area contributed by atoms with E-state index in [1.165, 1.54) is 28.4 Å². The van der Waals surface area contributed by atoms with Crippen molar-refractivity contribution < 1.29 is 24.6 Å². The Morgan fingerprint density at radius 2 is 2.09 bits per heavy atom. The molecule has 3 aliphatic rings. The number of aromatic nitrogens is 1. The SMILES string of the molecule is C[C@@H](O)[C@H]1C(=O)N2C(C(=O)O)=C(S[C@@H]3CN[C@H](CNC(=O)CSc4ccncc4)C3)[C@H](C)[C@H]12. The summed E-state index contributed by atoms with van der Waals surface area (Å²) in [5.41, 5.74) is 0.0595. The summed E-state index contributed by atoms with van der Waals surface area (Å²) >= 11 is 2.96. The maximum atomic E-state index is 12.5. The van der Waals surface area contributed by atoms with Crippen molar-refractivity contribution in [1.29, 1.82) is 0 Å². The number of fused-ring (bicyclic) bond motifs is 1. The summed E-state index contributed by atoms with van der Waals surface area (Å²) in [4.78, 5) is 43.6. The fourth-order valence-corrected chi connectivity index (χ4v) is 6.99. The summed E-state index contributed by atoms with van der Waals surface area (Å²) in [5, 5.41) is 26.3. The molecule has 0 aliphatic carbocycles. The summed E-state index contributed by atoms with van der Waals surface area (Å²) in [6.45, 7) is 4.70. The van der Waals surface area contributed by atoms with E-state index >= 15 is 0 Å². The smallest absolute Gasteiger partial charge is 0.353 e. The maximum absolute atomic E-state index is 12.5. The van der Waals surface area contributed by atoms with Gasteiger partial charge in [-0.15, -0.1) is 23.5 Å². The fraction of sp³-hybridized carbons (Fsp3) is 0.545. The Morgan fingerprint density at radius 1 is 1.36 bits per heavy atom. The predicted octanol–water partition coefficient (Wildman–Crippen LogP) is 0.907. The van der Waals surface area contributed by atoms with Crippen molar-refractivity contribution in [2.75, 3.05) is 18.8 Å². The van der Waals surface area contributed by atoms with Gasteiger partial charge in [-0.05, 0) is 25.5 Å². The van der Waals surface area contributed by atoms with E-state index in [1.807, 2.05) is 19.1 Å². The van der Waals surface area contributed by atoms with Gasteiger partial charge in [0.2, 0.25) is 11.8 Å². The number of carbonyl (C=O) groups is 3. The first kappa shape index (κ1) is 24.1. The minimum atomic E-state index is -1.11. The van der Waals surface area contributed by atoms with Crippen LogP contribution in [0.1, 0.15) is 20.3 Å². The van der Waals surface area contributed by atoms with Gasteiger partial charge in [-0.1, -0.05) is 6.92 Å². The third-order valence-corrected chi connectivity index (χ3v) is 8.88. The molecule has 0 saturated carbocycles. The maximum Gasteiger partial charge on any atom is 0.353 e. The molecule has 33 heavy (non-hydrogen) atoms. The minimum absolute atomic E-state index is 0.0398. The van der Waals surface area contributed by atoms with Gasteiger partial charge in [0, 0.05) is 52.5 Å². The first-order chi connectivity index (χ1) is 15.8. The van der Waals surface area contributed by atoms with Gasteiger partial charge in [-0.3, -0.25) is 14.6 Å². The number of carbonyl (C=O) groups excluding carboxylic acids is 2. The van der Waals surface area contributed by atoms with Crippen molar-refractivity contribution in [3.8, 4) is 0 Å². The third-order valence-electron chi connectivity index (χ3n) is 6.35. The van der Waals surface area contributed by atoms with Crippen LogP contribution in [0.25, 0.3) is 0 Å². The second kappa shape index (κ2) is 10.0. The van der Waals surface area contributed by atoms with Gasteiger partial charge >= 0.3 is 5.97 Å². The molecule has 9 nitrogen and oxygen atoms in total. The number of aliphatic hydroxyl groups excluding tert-OH is 1. The summed E-state index contributed by atoms with van der Waals surface area (Å²) in [6, 6.07) is 3.53. The van der Waals surface area contributed by atoms with Crippen LogP contribution < -0.4 is 10.6 Å². The molecule has 1 aromatic heterocycles. The van der Waals surface area contributed by atoms with Crippen LogP contribution in [-0.4, -0.2) is 80.2 Å². The number of aliphatic hydroxyl groups is 1. The van der Waals surface area contributed by atoms with Crippen LogP contribution in [0.3, 0.4) is 0 Å². The van der Waals surface area contributed by atoms with E-state index in [-0.39, 0.29) is 40.8 Å². The van der Waals surface area contributed by atoms with Gasteiger partial charge < -0.3 is 25.7 Å². The number of amides is 2. The number of hydrogen-bond acceptors (Lipinski definition) is 8. The van der Waals surface area contributed by atoms with Crippen LogP contribution in [-0.2, 0) is 14.4 Å². The number of nitrogens with zero attached hydrogens (tertiary/aromatic N) is 2. The lowest BCUT2D eigenvalue weighted by Crippen LogP contribution is -2.63. The van der Waals surface area contributed by atoms with Crippen LogP contribution in [0.4, 0.5) is 0 Å². The zero-order valence-electron chi connectivity index (χ0n) is 18.4. The molecule has 11 heteroatoms. The average molecular weight is 493 g/mol. The van der Waals surface area contributed by atoms with Crippen molar-refractivity contribution in [2.45, 2.75) is 48.6 Å².